The topological polar surface area (TPSA) is 40.7 Å². The molecule has 0 saturated heterocycles. The van der Waals surface area contributed by atoms with E-state index < -0.39 is 0 Å². The van der Waals surface area contributed by atoms with Crippen molar-refractivity contribution in [3.05, 3.63) is 95.6 Å². The molecule has 2 aromatic carbocycles. The molecule has 1 atom stereocenters. The summed E-state index contributed by atoms with van der Waals surface area (Å²) in [6, 6.07) is 18.5. The van der Waals surface area contributed by atoms with Gasteiger partial charge < -0.3 is 10.3 Å². The molecule has 2 N–H and O–H groups in total. The summed E-state index contributed by atoms with van der Waals surface area (Å²) in [6.45, 7) is 1.99. The number of anilines is 1. The summed E-state index contributed by atoms with van der Waals surface area (Å²) in [4.78, 5) is 7.60. The quantitative estimate of drug-likeness (QED) is 0.539. The van der Waals surface area contributed by atoms with Crippen molar-refractivity contribution in [2.75, 3.05) is 5.32 Å². The maximum Gasteiger partial charge on any atom is 0.129 e. The minimum Gasteiger partial charge on any atom is -0.361 e. The van der Waals surface area contributed by atoms with Crippen LogP contribution in [0.2, 0.25) is 0 Å². The molecule has 0 aliphatic carbocycles. The molecule has 124 valence electrons. The Morgan fingerprint density at radius 2 is 1.92 bits per heavy atom. The summed E-state index contributed by atoms with van der Waals surface area (Å²) in [7, 11) is 0. The number of H-pyrrole nitrogens is 1. The van der Waals surface area contributed by atoms with E-state index in [1.54, 1.807) is 12.3 Å². The Hall–Kier alpha value is -3.14. The van der Waals surface area contributed by atoms with Crippen LogP contribution in [0, 0.1) is 12.7 Å². The molecule has 0 spiro atoms. The lowest BCUT2D eigenvalue weighted by atomic mass is 9.97. The number of fused-ring (bicyclic) bond motifs is 1. The van der Waals surface area contributed by atoms with Crippen LogP contribution in [0.3, 0.4) is 0 Å². The number of aromatic nitrogens is 2. The van der Waals surface area contributed by atoms with Crippen molar-refractivity contribution >= 4 is 16.7 Å². The Morgan fingerprint density at radius 3 is 2.76 bits per heavy atom. The number of rotatable bonds is 4. The van der Waals surface area contributed by atoms with Crippen LogP contribution >= 0.6 is 0 Å². The highest BCUT2D eigenvalue weighted by molar-refractivity contribution is 5.80. The third-order valence-corrected chi connectivity index (χ3v) is 4.42. The number of pyridine rings is 1. The Labute approximate surface area is 145 Å². The van der Waals surface area contributed by atoms with E-state index in [9.17, 15) is 4.39 Å². The summed E-state index contributed by atoms with van der Waals surface area (Å²) in [5.74, 6) is 0.521. The first kappa shape index (κ1) is 15.4. The standard InChI is InChI=1S/C21H18FN3/c1-14-5-4-11-24-21(14)25-20(17-6-2-3-7-18(17)22)16-8-9-19-15(13-16)10-12-23-19/h2-13,20,23H,1H3,(H,24,25). The van der Waals surface area contributed by atoms with Crippen molar-refractivity contribution in [2.24, 2.45) is 0 Å². The molecule has 4 heteroatoms. The number of hydrogen-bond acceptors (Lipinski definition) is 2. The molecule has 1 unspecified atom stereocenters. The van der Waals surface area contributed by atoms with E-state index in [2.05, 4.69) is 21.4 Å². The first-order chi connectivity index (χ1) is 12.2. The van der Waals surface area contributed by atoms with Crippen molar-refractivity contribution in [2.45, 2.75) is 13.0 Å². The number of benzene rings is 2. The molecule has 0 bridgehead atoms. The van der Waals surface area contributed by atoms with Crippen molar-refractivity contribution in [1.29, 1.82) is 0 Å². The van der Waals surface area contributed by atoms with Gasteiger partial charge in [0.05, 0.1) is 6.04 Å². The fourth-order valence-electron chi connectivity index (χ4n) is 3.07. The van der Waals surface area contributed by atoms with Crippen molar-refractivity contribution in [3.63, 3.8) is 0 Å². The van der Waals surface area contributed by atoms with E-state index in [1.165, 1.54) is 6.07 Å². The van der Waals surface area contributed by atoms with Crippen LogP contribution in [0.1, 0.15) is 22.7 Å². The number of hydrogen-bond donors (Lipinski definition) is 2. The van der Waals surface area contributed by atoms with Gasteiger partial charge >= 0.3 is 0 Å². The Morgan fingerprint density at radius 1 is 1.04 bits per heavy atom. The SMILES string of the molecule is Cc1cccnc1NC(c1ccc2[nH]ccc2c1)c1ccccc1F. The second-order valence-electron chi connectivity index (χ2n) is 6.09. The average Bonchev–Trinajstić information content (AvgIpc) is 3.09. The number of halogens is 1. The molecule has 4 rings (SSSR count). The maximum atomic E-state index is 14.5. The van der Waals surface area contributed by atoms with Gasteiger partial charge in [-0.05, 0) is 53.8 Å². The zero-order valence-electron chi connectivity index (χ0n) is 13.8. The summed E-state index contributed by atoms with van der Waals surface area (Å²) in [5.41, 5.74) is 3.67. The highest BCUT2D eigenvalue weighted by Crippen LogP contribution is 2.30. The molecule has 0 amide bonds. The third-order valence-electron chi connectivity index (χ3n) is 4.42. The van der Waals surface area contributed by atoms with Crippen LogP contribution in [0.15, 0.2) is 73.1 Å². The number of aryl methyl sites for hydroxylation is 1. The smallest absolute Gasteiger partial charge is 0.129 e. The minimum atomic E-state index is -0.325. The second-order valence-corrected chi connectivity index (χ2v) is 6.09. The summed E-state index contributed by atoms with van der Waals surface area (Å²) in [5, 5.41) is 4.51. The van der Waals surface area contributed by atoms with E-state index in [0.29, 0.717) is 5.56 Å². The van der Waals surface area contributed by atoms with Gasteiger partial charge in [0, 0.05) is 23.5 Å². The second kappa shape index (κ2) is 6.40. The molecule has 3 nitrogen and oxygen atoms in total. The van der Waals surface area contributed by atoms with E-state index in [-0.39, 0.29) is 11.9 Å². The first-order valence-corrected chi connectivity index (χ1v) is 8.22. The molecule has 0 aliphatic heterocycles. The molecule has 0 aliphatic rings. The van der Waals surface area contributed by atoms with Crippen molar-refractivity contribution in [1.82, 2.24) is 9.97 Å². The fourth-order valence-corrected chi connectivity index (χ4v) is 3.07. The van der Waals surface area contributed by atoms with Crippen LogP contribution < -0.4 is 5.32 Å². The zero-order chi connectivity index (χ0) is 17.2. The normalized spacial score (nSPS) is 12.2. The summed E-state index contributed by atoms with van der Waals surface area (Å²) in [6.07, 6.45) is 3.64. The van der Waals surface area contributed by atoms with E-state index in [1.807, 2.05) is 55.6 Å². The molecule has 2 heterocycles. The van der Waals surface area contributed by atoms with Gasteiger partial charge in [0.15, 0.2) is 0 Å². The molecule has 0 fully saturated rings. The fraction of sp³-hybridized carbons (Fsp3) is 0.0952. The summed E-state index contributed by atoms with van der Waals surface area (Å²) >= 11 is 0. The Bertz CT molecular complexity index is 1020. The predicted molar refractivity (Wildman–Crippen MR) is 99.1 cm³/mol. The van der Waals surface area contributed by atoms with E-state index in [4.69, 9.17) is 0 Å². The lowest BCUT2D eigenvalue weighted by molar-refractivity contribution is 0.604. The van der Waals surface area contributed by atoms with Gasteiger partial charge in [0.1, 0.15) is 11.6 Å². The minimum absolute atomic E-state index is 0.234. The molecule has 0 saturated carbocycles. The van der Waals surface area contributed by atoms with Gasteiger partial charge in [-0.1, -0.05) is 30.3 Å². The van der Waals surface area contributed by atoms with Crippen LogP contribution in [0.5, 0.6) is 0 Å². The van der Waals surface area contributed by atoms with Gasteiger partial charge in [-0.15, -0.1) is 0 Å². The van der Waals surface area contributed by atoms with Gasteiger partial charge in [0.2, 0.25) is 0 Å². The summed E-state index contributed by atoms with van der Waals surface area (Å²) < 4.78 is 14.5. The third kappa shape index (κ3) is 2.98. The highest BCUT2D eigenvalue weighted by Gasteiger charge is 2.19. The van der Waals surface area contributed by atoms with E-state index >= 15 is 0 Å². The van der Waals surface area contributed by atoms with Crippen molar-refractivity contribution < 1.29 is 4.39 Å². The average molecular weight is 331 g/mol. The molecule has 25 heavy (non-hydrogen) atoms. The first-order valence-electron chi connectivity index (χ1n) is 8.22. The van der Waals surface area contributed by atoms with Crippen LogP contribution in [0.25, 0.3) is 10.9 Å². The highest BCUT2D eigenvalue weighted by atomic mass is 19.1. The lowest BCUT2D eigenvalue weighted by Crippen LogP contribution is -2.15. The van der Waals surface area contributed by atoms with Crippen LogP contribution in [0.4, 0.5) is 10.2 Å². The van der Waals surface area contributed by atoms with Gasteiger partial charge in [-0.2, -0.15) is 0 Å². The van der Waals surface area contributed by atoms with Gasteiger partial charge in [0.25, 0.3) is 0 Å². The molecule has 4 aromatic rings. The monoisotopic (exact) mass is 331 g/mol. The van der Waals surface area contributed by atoms with Crippen LogP contribution in [-0.2, 0) is 0 Å². The zero-order valence-corrected chi connectivity index (χ0v) is 13.8. The largest absolute Gasteiger partial charge is 0.361 e. The molecular formula is C21H18FN3. The number of aromatic amines is 1. The maximum absolute atomic E-state index is 14.5. The van der Waals surface area contributed by atoms with E-state index in [0.717, 1.165) is 27.8 Å². The lowest BCUT2D eigenvalue weighted by Gasteiger charge is -2.22. The van der Waals surface area contributed by atoms with Crippen LogP contribution in [-0.4, -0.2) is 9.97 Å². The number of nitrogens with one attached hydrogen (secondary N) is 2. The van der Waals surface area contributed by atoms with Gasteiger partial charge in [-0.25, -0.2) is 9.37 Å². The molecular weight excluding hydrogens is 313 g/mol. The number of nitrogens with zero attached hydrogens (tertiary/aromatic N) is 1. The predicted octanol–water partition coefficient (Wildman–Crippen LogP) is 5.21. The molecule has 0 radical (unpaired) electrons. The molecule has 2 aromatic heterocycles. The Balaban J connectivity index is 1.83. The van der Waals surface area contributed by atoms with Crippen molar-refractivity contribution in [3.8, 4) is 0 Å². The van der Waals surface area contributed by atoms with Gasteiger partial charge in [-0.3, -0.25) is 0 Å². The Kier molecular flexibility index (Phi) is 3.94.